The number of carbonyl (C=O) groups is 2. The first-order valence-electron chi connectivity index (χ1n) is 20.0. The van der Waals surface area contributed by atoms with Crippen molar-refractivity contribution in [2.24, 2.45) is 17.1 Å². The molecular weight excluding hydrogens is 699 g/mol. The smallest absolute Gasteiger partial charge is 0.322 e. The van der Waals surface area contributed by atoms with Gasteiger partial charge >= 0.3 is 5.97 Å². The van der Waals surface area contributed by atoms with Crippen LogP contribution in [0.1, 0.15) is 68.3 Å². The minimum atomic E-state index is -2.30. The molecule has 2 saturated heterocycles. The summed E-state index contributed by atoms with van der Waals surface area (Å²) in [7, 11) is 4.89. The van der Waals surface area contributed by atoms with Crippen molar-refractivity contribution in [3.8, 4) is 5.75 Å². The lowest BCUT2D eigenvalue weighted by Crippen LogP contribution is -2.81. The number of hydrogen-bond acceptors (Lipinski definition) is 10. The number of primary amides is 1. The number of methoxy groups -OCH3 is 2. The van der Waals surface area contributed by atoms with Gasteiger partial charge in [-0.3, -0.25) is 19.4 Å². The number of amides is 1. The summed E-state index contributed by atoms with van der Waals surface area (Å²) in [4.78, 5) is 39.3. The van der Waals surface area contributed by atoms with Crippen LogP contribution in [-0.4, -0.2) is 125 Å². The van der Waals surface area contributed by atoms with Crippen molar-refractivity contribution in [2.45, 2.75) is 92.6 Å². The van der Waals surface area contributed by atoms with Crippen LogP contribution < -0.4 is 15.4 Å². The largest absolute Gasteiger partial charge is 0.496 e. The van der Waals surface area contributed by atoms with E-state index in [1.165, 1.54) is 7.11 Å². The quantitative estimate of drug-likeness (QED) is 0.187. The zero-order valence-corrected chi connectivity index (χ0v) is 32.6. The molecule has 6 heterocycles. The van der Waals surface area contributed by atoms with Crippen LogP contribution in [0.5, 0.6) is 5.75 Å². The fourth-order valence-corrected chi connectivity index (χ4v) is 13.1. The topological polar surface area (TPSA) is 165 Å². The molecule has 1 unspecified atom stereocenters. The van der Waals surface area contributed by atoms with Crippen LogP contribution in [0, 0.1) is 11.3 Å². The Morgan fingerprint density at radius 2 is 1.82 bits per heavy atom. The molecule has 6 aliphatic rings. The Balaban J connectivity index is 1.36. The van der Waals surface area contributed by atoms with Gasteiger partial charge in [0.15, 0.2) is 5.60 Å². The summed E-state index contributed by atoms with van der Waals surface area (Å²) < 4.78 is 12.2. The molecule has 294 valence electrons. The number of likely N-dealkylation sites (N-methyl/N-ethyl adjacent to an activating group) is 1. The van der Waals surface area contributed by atoms with E-state index in [0.717, 1.165) is 46.5 Å². The van der Waals surface area contributed by atoms with Gasteiger partial charge in [0.2, 0.25) is 0 Å². The number of aliphatic hydroxyl groups is 3. The number of anilines is 1. The third-order valence-electron chi connectivity index (χ3n) is 15.2. The van der Waals surface area contributed by atoms with E-state index in [4.69, 9.17) is 15.2 Å². The van der Waals surface area contributed by atoms with Crippen LogP contribution >= 0.6 is 0 Å². The van der Waals surface area contributed by atoms with Crippen LogP contribution in [0.4, 0.5) is 5.69 Å². The first-order chi connectivity index (χ1) is 26.3. The van der Waals surface area contributed by atoms with Crippen LogP contribution in [0.25, 0.3) is 10.9 Å². The summed E-state index contributed by atoms with van der Waals surface area (Å²) in [6, 6.07) is 11.0. The van der Waals surface area contributed by atoms with Gasteiger partial charge < -0.3 is 40.4 Å². The number of rotatable bonds is 6. The Labute approximate surface area is 322 Å². The molecule has 1 aliphatic carbocycles. The normalized spacial score (nSPS) is 39.0. The standard InChI is InChI=1S/C43H55N5O7/c1-6-39(52)21-25-22-42(38(51)55-5,33-27(13-17-47(23-25)24-39)26-11-8-9-12-30(26)45-33)29-19-28-31(20-32(29)54-4)46(3)35-41(28)15-18-48-16-10-14-40(7-2,34(41)48)36(49)43(35,53)37(44)50/h8-12,14,19-20,25,34-36,45,49,52-53H,6-7,13,15-18,21-24H2,1-5H3,(H2,44,50)/t25-,34-,35+,36+,39-,40+,41+,42+,43+/m0/s1. The number of carbonyl (C=O) groups excluding carboxylic acids is 2. The number of benzene rings is 2. The van der Waals surface area contributed by atoms with E-state index in [2.05, 4.69) is 26.9 Å². The SMILES string of the molecule is CC[C@]1(O)C[C@@H]2CN(CCc3c([nH]c4ccccc34)[C@](C(=O)OC)(c3cc4c(cc3OC)N(C)[C@H]3[C@](O)(C(N)=O)[C@H](O)[C@]5(CC)C=CCN6CC[C@]43[C@@H]65)C2)C1. The van der Waals surface area contributed by atoms with Crippen molar-refractivity contribution in [3.63, 3.8) is 0 Å². The van der Waals surface area contributed by atoms with Gasteiger partial charge in [0.05, 0.1) is 25.9 Å². The highest BCUT2D eigenvalue weighted by molar-refractivity contribution is 5.95. The molecule has 12 heteroatoms. The van der Waals surface area contributed by atoms with E-state index in [0.29, 0.717) is 69.5 Å². The molecule has 6 N–H and O–H groups in total. The van der Waals surface area contributed by atoms with Crippen LogP contribution in [0.2, 0.25) is 0 Å². The van der Waals surface area contributed by atoms with E-state index in [1.54, 1.807) is 7.11 Å². The number of piperidine rings is 1. The number of fused-ring (bicyclic) bond motifs is 6. The minimum Gasteiger partial charge on any atom is -0.496 e. The van der Waals surface area contributed by atoms with Gasteiger partial charge in [-0.05, 0) is 74.2 Å². The highest BCUT2D eigenvalue weighted by atomic mass is 16.5. The van der Waals surface area contributed by atoms with Gasteiger partial charge in [-0.15, -0.1) is 0 Å². The monoisotopic (exact) mass is 753 g/mol. The lowest BCUT2D eigenvalue weighted by Gasteiger charge is -2.63. The summed E-state index contributed by atoms with van der Waals surface area (Å²) in [5, 5.41) is 38.0. The molecule has 55 heavy (non-hydrogen) atoms. The lowest BCUT2D eigenvalue weighted by molar-refractivity contribution is -0.201. The number of nitrogens with two attached hydrogens (primary N) is 1. The second-order valence-electron chi connectivity index (χ2n) is 17.5. The number of esters is 1. The number of aliphatic hydroxyl groups excluding tert-OH is 1. The van der Waals surface area contributed by atoms with Crippen LogP contribution in [0.3, 0.4) is 0 Å². The number of ether oxygens (including phenoxy) is 2. The maximum absolute atomic E-state index is 15.2. The highest BCUT2D eigenvalue weighted by Crippen LogP contribution is 2.67. The number of nitrogens with one attached hydrogen (secondary N) is 1. The molecule has 12 nitrogen and oxygen atoms in total. The summed E-state index contributed by atoms with van der Waals surface area (Å²) in [6.45, 7) is 7.39. The molecule has 1 saturated carbocycles. The Bertz CT molecular complexity index is 2120. The number of aromatic nitrogens is 1. The molecule has 1 amide bonds. The molecule has 3 aromatic rings. The molecule has 0 radical (unpaired) electrons. The number of para-hydroxylation sites is 1. The van der Waals surface area contributed by atoms with Gasteiger partial charge in [0.1, 0.15) is 17.3 Å². The summed E-state index contributed by atoms with van der Waals surface area (Å²) in [6.07, 6.45) is 5.78. The first-order valence-corrected chi connectivity index (χ1v) is 20.0. The average Bonchev–Trinajstić information content (AvgIpc) is 3.84. The Morgan fingerprint density at radius 1 is 1.04 bits per heavy atom. The van der Waals surface area contributed by atoms with Gasteiger partial charge in [0, 0.05) is 84.0 Å². The fraction of sp³-hybridized carbons (Fsp3) is 0.581. The molecular formula is C43H55N5O7. The number of aromatic amines is 1. The van der Waals surface area contributed by atoms with Crippen molar-refractivity contribution < 1.29 is 34.4 Å². The zero-order valence-electron chi connectivity index (χ0n) is 32.6. The maximum atomic E-state index is 15.2. The number of H-pyrrole nitrogens is 1. The lowest BCUT2D eigenvalue weighted by atomic mass is 9.47. The zero-order chi connectivity index (χ0) is 38.9. The number of hydrogen-bond donors (Lipinski definition) is 5. The Morgan fingerprint density at radius 3 is 2.53 bits per heavy atom. The molecule has 3 fully saturated rings. The first kappa shape index (κ1) is 36.7. The second kappa shape index (κ2) is 12.3. The van der Waals surface area contributed by atoms with Gasteiger partial charge in [-0.2, -0.15) is 0 Å². The Kier molecular flexibility index (Phi) is 8.19. The van der Waals surface area contributed by atoms with Crippen molar-refractivity contribution in [3.05, 3.63) is 70.9 Å². The molecule has 1 aromatic heterocycles. The Hall–Kier alpha value is -3.94. The predicted molar refractivity (Wildman–Crippen MR) is 208 cm³/mol. The van der Waals surface area contributed by atoms with E-state index in [-0.39, 0.29) is 12.0 Å². The van der Waals surface area contributed by atoms with Crippen LogP contribution in [-0.2, 0) is 31.6 Å². The summed E-state index contributed by atoms with van der Waals surface area (Å²) in [5.41, 5.74) is 4.72. The highest BCUT2D eigenvalue weighted by Gasteiger charge is 2.78. The summed E-state index contributed by atoms with van der Waals surface area (Å²) >= 11 is 0. The maximum Gasteiger partial charge on any atom is 0.322 e. The average molecular weight is 754 g/mol. The fourth-order valence-electron chi connectivity index (χ4n) is 13.1. The third-order valence-corrected chi connectivity index (χ3v) is 15.2. The molecule has 9 rings (SSSR count). The minimum absolute atomic E-state index is 0.0790. The molecule has 2 aromatic carbocycles. The van der Waals surface area contributed by atoms with Gasteiger partial charge in [-0.25, -0.2) is 0 Å². The van der Waals surface area contributed by atoms with Crippen molar-refractivity contribution in [1.29, 1.82) is 0 Å². The second-order valence-corrected chi connectivity index (χ2v) is 17.5. The van der Waals surface area contributed by atoms with E-state index in [1.807, 2.05) is 62.2 Å². The van der Waals surface area contributed by atoms with Gasteiger partial charge in [-0.1, -0.05) is 44.2 Å². The van der Waals surface area contributed by atoms with Crippen molar-refractivity contribution in [1.82, 2.24) is 14.8 Å². The molecule has 10 atom stereocenters. The van der Waals surface area contributed by atoms with E-state index >= 15 is 4.79 Å². The van der Waals surface area contributed by atoms with E-state index < -0.39 is 51.5 Å². The third kappa shape index (κ3) is 4.51. The number of nitrogens with zero attached hydrogens (tertiary/aromatic N) is 3. The van der Waals surface area contributed by atoms with Crippen molar-refractivity contribution in [2.75, 3.05) is 58.9 Å². The molecule has 2 bridgehead atoms. The molecule has 5 aliphatic heterocycles. The predicted octanol–water partition coefficient (Wildman–Crippen LogP) is 2.73. The van der Waals surface area contributed by atoms with E-state index in [9.17, 15) is 20.1 Å². The van der Waals surface area contributed by atoms with Crippen molar-refractivity contribution >= 4 is 28.5 Å². The van der Waals surface area contributed by atoms with Gasteiger partial charge in [0.25, 0.3) is 5.91 Å². The molecule has 1 spiro atoms. The van der Waals surface area contributed by atoms with Crippen LogP contribution in [0.15, 0.2) is 48.6 Å². The summed E-state index contributed by atoms with van der Waals surface area (Å²) in [5.74, 6) is -1.00.